The zero-order chi connectivity index (χ0) is 16.9. The van der Waals surface area contributed by atoms with Crippen LogP contribution in [0.1, 0.15) is 23.2 Å². The molecule has 126 valence electrons. The van der Waals surface area contributed by atoms with E-state index in [4.69, 9.17) is 9.47 Å². The van der Waals surface area contributed by atoms with E-state index in [9.17, 15) is 9.18 Å². The molecule has 0 N–H and O–H groups in total. The molecule has 1 heterocycles. The highest BCUT2D eigenvalue weighted by Crippen LogP contribution is 2.23. The highest BCUT2D eigenvalue weighted by atomic mass is 19.1. The van der Waals surface area contributed by atoms with Gasteiger partial charge in [-0.25, -0.2) is 4.39 Å². The maximum absolute atomic E-state index is 12.9. The largest absolute Gasteiger partial charge is 0.496 e. The molecule has 1 saturated heterocycles. The number of piperidine rings is 1. The van der Waals surface area contributed by atoms with Gasteiger partial charge in [0.1, 0.15) is 23.4 Å². The van der Waals surface area contributed by atoms with Crippen molar-refractivity contribution < 1.29 is 18.7 Å². The Hall–Kier alpha value is -2.56. The molecule has 4 nitrogen and oxygen atoms in total. The van der Waals surface area contributed by atoms with Crippen LogP contribution in [-0.4, -0.2) is 37.1 Å². The summed E-state index contributed by atoms with van der Waals surface area (Å²) >= 11 is 0. The highest BCUT2D eigenvalue weighted by Gasteiger charge is 2.26. The molecular formula is C19H20FNO3. The van der Waals surface area contributed by atoms with Crippen LogP contribution in [0.15, 0.2) is 48.5 Å². The van der Waals surface area contributed by atoms with Gasteiger partial charge in [-0.1, -0.05) is 12.1 Å². The van der Waals surface area contributed by atoms with Crippen LogP contribution in [0.5, 0.6) is 11.5 Å². The van der Waals surface area contributed by atoms with Gasteiger partial charge in [0.15, 0.2) is 0 Å². The zero-order valence-corrected chi connectivity index (χ0v) is 13.6. The second-order valence-corrected chi connectivity index (χ2v) is 5.76. The van der Waals surface area contributed by atoms with Crippen molar-refractivity contribution in [3.8, 4) is 11.5 Å². The topological polar surface area (TPSA) is 38.8 Å². The summed E-state index contributed by atoms with van der Waals surface area (Å²) in [6.07, 6.45) is 1.54. The number of ether oxygens (including phenoxy) is 2. The molecule has 5 heteroatoms. The average molecular weight is 329 g/mol. The van der Waals surface area contributed by atoms with Gasteiger partial charge in [0.05, 0.1) is 12.7 Å². The maximum atomic E-state index is 12.9. The zero-order valence-electron chi connectivity index (χ0n) is 13.6. The molecule has 0 spiro atoms. The van der Waals surface area contributed by atoms with Crippen LogP contribution in [0, 0.1) is 5.82 Å². The highest BCUT2D eigenvalue weighted by molar-refractivity contribution is 5.97. The van der Waals surface area contributed by atoms with Crippen molar-refractivity contribution in [3.63, 3.8) is 0 Å². The van der Waals surface area contributed by atoms with Crippen molar-refractivity contribution in [1.29, 1.82) is 0 Å². The molecule has 0 unspecified atom stereocenters. The number of halogens is 1. The number of carbonyl (C=O) groups is 1. The molecule has 1 aliphatic heterocycles. The summed E-state index contributed by atoms with van der Waals surface area (Å²) in [5.41, 5.74) is 0.581. The minimum absolute atomic E-state index is 0.0207. The minimum atomic E-state index is -0.278. The summed E-state index contributed by atoms with van der Waals surface area (Å²) in [5, 5.41) is 0. The van der Waals surface area contributed by atoms with Crippen LogP contribution >= 0.6 is 0 Å². The van der Waals surface area contributed by atoms with Gasteiger partial charge in [-0.3, -0.25) is 4.79 Å². The molecule has 2 aromatic rings. The van der Waals surface area contributed by atoms with Crippen LogP contribution in [0.4, 0.5) is 4.39 Å². The standard InChI is InChI=1S/C19H20FNO3/c1-23-18-5-3-2-4-17(18)19(22)21-12-10-16(11-13-21)24-15-8-6-14(20)7-9-15/h2-9,16H,10-13H2,1H3. The molecule has 0 aliphatic carbocycles. The third-order valence-corrected chi connectivity index (χ3v) is 4.18. The van der Waals surface area contributed by atoms with Crippen molar-refractivity contribution in [1.82, 2.24) is 4.90 Å². The Morgan fingerprint density at radius 3 is 2.42 bits per heavy atom. The van der Waals surface area contributed by atoms with Crippen molar-refractivity contribution in [2.75, 3.05) is 20.2 Å². The van der Waals surface area contributed by atoms with E-state index < -0.39 is 0 Å². The van der Waals surface area contributed by atoms with Gasteiger partial charge in [0.25, 0.3) is 5.91 Å². The Morgan fingerprint density at radius 1 is 1.08 bits per heavy atom. The quantitative estimate of drug-likeness (QED) is 0.861. The van der Waals surface area contributed by atoms with Gasteiger partial charge < -0.3 is 14.4 Å². The number of likely N-dealkylation sites (tertiary alicyclic amines) is 1. The average Bonchev–Trinajstić information content (AvgIpc) is 2.63. The number of benzene rings is 2. The predicted molar refractivity (Wildman–Crippen MR) is 88.9 cm³/mol. The van der Waals surface area contributed by atoms with Crippen molar-refractivity contribution in [3.05, 3.63) is 59.9 Å². The van der Waals surface area contributed by atoms with Gasteiger partial charge in [-0.15, -0.1) is 0 Å². The number of hydrogen-bond donors (Lipinski definition) is 0. The molecule has 1 fully saturated rings. The SMILES string of the molecule is COc1ccccc1C(=O)N1CCC(Oc2ccc(F)cc2)CC1. The molecule has 0 saturated carbocycles. The van der Waals surface area contributed by atoms with E-state index in [2.05, 4.69) is 0 Å². The van der Waals surface area contributed by atoms with Gasteiger partial charge in [-0.05, 0) is 36.4 Å². The first-order valence-corrected chi connectivity index (χ1v) is 8.02. The van der Waals surface area contributed by atoms with Crippen LogP contribution in [-0.2, 0) is 0 Å². The van der Waals surface area contributed by atoms with Gasteiger partial charge >= 0.3 is 0 Å². The lowest BCUT2D eigenvalue weighted by atomic mass is 10.1. The lowest BCUT2D eigenvalue weighted by molar-refractivity contribution is 0.0592. The van der Waals surface area contributed by atoms with E-state index in [0.29, 0.717) is 30.2 Å². The van der Waals surface area contributed by atoms with E-state index in [1.807, 2.05) is 17.0 Å². The Kier molecular flexibility index (Phi) is 4.99. The monoisotopic (exact) mass is 329 g/mol. The van der Waals surface area contributed by atoms with Crippen molar-refractivity contribution in [2.45, 2.75) is 18.9 Å². The summed E-state index contributed by atoms with van der Waals surface area (Å²) < 4.78 is 24.0. The molecule has 3 rings (SSSR count). The van der Waals surface area contributed by atoms with E-state index in [0.717, 1.165) is 12.8 Å². The first kappa shape index (κ1) is 16.3. The lowest BCUT2D eigenvalue weighted by Gasteiger charge is -2.32. The third-order valence-electron chi connectivity index (χ3n) is 4.18. The Bertz CT molecular complexity index is 694. The predicted octanol–water partition coefficient (Wildman–Crippen LogP) is 3.52. The number of para-hydroxylation sites is 1. The number of nitrogens with zero attached hydrogens (tertiary/aromatic N) is 1. The van der Waals surface area contributed by atoms with E-state index in [1.54, 1.807) is 31.4 Å². The second kappa shape index (κ2) is 7.34. The Balaban J connectivity index is 1.58. The Morgan fingerprint density at radius 2 is 1.75 bits per heavy atom. The normalized spacial score (nSPS) is 15.2. The molecular weight excluding hydrogens is 309 g/mol. The van der Waals surface area contributed by atoms with Crippen LogP contribution < -0.4 is 9.47 Å². The summed E-state index contributed by atoms with van der Waals surface area (Å²) in [4.78, 5) is 14.5. The molecule has 24 heavy (non-hydrogen) atoms. The summed E-state index contributed by atoms with van der Waals surface area (Å²) in [5.74, 6) is 0.949. The first-order valence-electron chi connectivity index (χ1n) is 8.02. The van der Waals surface area contributed by atoms with Crippen LogP contribution in [0.25, 0.3) is 0 Å². The Labute approximate surface area is 140 Å². The number of rotatable bonds is 4. The first-order chi connectivity index (χ1) is 11.7. The second-order valence-electron chi connectivity index (χ2n) is 5.76. The molecule has 0 bridgehead atoms. The van der Waals surface area contributed by atoms with Gasteiger partial charge in [0.2, 0.25) is 0 Å². The molecule has 0 atom stereocenters. The fraction of sp³-hybridized carbons (Fsp3) is 0.316. The van der Waals surface area contributed by atoms with Gasteiger partial charge in [-0.2, -0.15) is 0 Å². The fourth-order valence-corrected chi connectivity index (χ4v) is 2.87. The van der Waals surface area contributed by atoms with Crippen molar-refractivity contribution in [2.24, 2.45) is 0 Å². The summed E-state index contributed by atoms with van der Waals surface area (Å²) in [7, 11) is 1.56. The number of amides is 1. The number of hydrogen-bond acceptors (Lipinski definition) is 3. The molecule has 1 aliphatic rings. The minimum Gasteiger partial charge on any atom is -0.496 e. The summed E-state index contributed by atoms with van der Waals surface area (Å²) in [6, 6.07) is 13.3. The van der Waals surface area contributed by atoms with Gasteiger partial charge in [0, 0.05) is 25.9 Å². The molecule has 2 aromatic carbocycles. The van der Waals surface area contributed by atoms with Crippen molar-refractivity contribution >= 4 is 5.91 Å². The third kappa shape index (κ3) is 3.67. The molecule has 0 aromatic heterocycles. The fourth-order valence-electron chi connectivity index (χ4n) is 2.87. The van der Waals surface area contributed by atoms with E-state index in [1.165, 1.54) is 12.1 Å². The lowest BCUT2D eigenvalue weighted by Crippen LogP contribution is -2.41. The maximum Gasteiger partial charge on any atom is 0.257 e. The van der Waals surface area contributed by atoms with E-state index >= 15 is 0 Å². The molecule has 1 amide bonds. The van der Waals surface area contributed by atoms with Crippen LogP contribution in [0.3, 0.4) is 0 Å². The smallest absolute Gasteiger partial charge is 0.257 e. The number of methoxy groups -OCH3 is 1. The summed E-state index contributed by atoms with van der Waals surface area (Å²) in [6.45, 7) is 1.26. The van der Waals surface area contributed by atoms with E-state index in [-0.39, 0.29) is 17.8 Å². The number of carbonyl (C=O) groups excluding carboxylic acids is 1. The van der Waals surface area contributed by atoms with Crippen LogP contribution in [0.2, 0.25) is 0 Å². The molecule has 0 radical (unpaired) electrons.